The Kier molecular flexibility index (Phi) is 4.00. The van der Waals surface area contributed by atoms with Crippen molar-refractivity contribution in [1.29, 1.82) is 0 Å². The summed E-state index contributed by atoms with van der Waals surface area (Å²) in [7, 11) is 2.14. The van der Waals surface area contributed by atoms with Gasteiger partial charge in [0, 0.05) is 29.1 Å². The summed E-state index contributed by atoms with van der Waals surface area (Å²) in [4.78, 5) is 8.54. The first-order chi connectivity index (χ1) is 7.65. The number of hydrogen-bond acceptors (Lipinski definition) is 3. The highest BCUT2D eigenvalue weighted by molar-refractivity contribution is 9.09. The molecule has 0 aliphatic rings. The van der Waals surface area contributed by atoms with E-state index in [9.17, 15) is 0 Å². The van der Waals surface area contributed by atoms with Crippen LogP contribution in [-0.4, -0.2) is 32.7 Å². The third-order valence-electron chi connectivity index (χ3n) is 2.48. The summed E-state index contributed by atoms with van der Waals surface area (Å²) in [5, 5.41) is 2.06. The van der Waals surface area contributed by atoms with Crippen LogP contribution < -0.4 is 0 Å². The fourth-order valence-electron chi connectivity index (χ4n) is 1.61. The van der Waals surface area contributed by atoms with Crippen molar-refractivity contribution in [2.75, 3.05) is 13.6 Å². The Balaban J connectivity index is 1.91. The van der Waals surface area contributed by atoms with Crippen molar-refractivity contribution in [2.24, 2.45) is 0 Å². The van der Waals surface area contributed by atoms with Gasteiger partial charge in [0.1, 0.15) is 0 Å². The number of rotatable bonds is 5. The predicted octanol–water partition coefficient (Wildman–Crippen LogP) is 3.00. The van der Waals surface area contributed by atoms with Gasteiger partial charge in [0.05, 0.1) is 5.69 Å². The molecular weight excluding hydrogens is 286 g/mol. The summed E-state index contributed by atoms with van der Waals surface area (Å²) in [5.74, 6) is 0. The summed E-state index contributed by atoms with van der Waals surface area (Å²) in [6.07, 6.45) is 5.33. The average Bonchev–Trinajstić information content (AvgIpc) is 2.74. The van der Waals surface area contributed by atoms with Gasteiger partial charge < -0.3 is 4.90 Å². The minimum Gasteiger partial charge on any atom is -0.300 e. The molecule has 2 aromatic heterocycles. The van der Waals surface area contributed by atoms with Gasteiger partial charge in [0.15, 0.2) is 4.96 Å². The SMILES string of the molecule is CC(Br)CCN(C)Cc1cn2ccsc2n1. The van der Waals surface area contributed by atoms with E-state index >= 15 is 0 Å². The lowest BCUT2D eigenvalue weighted by Gasteiger charge is -2.15. The molecule has 0 fully saturated rings. The standard InChI is InChI=1S/C11H16BrN3S/c1-9(12)3-4-14(2)7-10-8-15-5-6-16-11(15)13-10/h5-6,8-9H,3-4,7H2,1-2H3. The Labute approximate surface area is 108 Å². The number of nitrogens with zero attached hydrogens (tertiary/aromatic N) is 3. The van der Waals surface area contributed by atoms with Crippen molar-refractivity contribution in [3.8, 4) is 0 Å². The van der Waals surface area contributed by atoms with Gasteiger partial charge >= 0.3 is 0 Å². The quantitative estimate of drug-likeness (QED) is 0.792. The zero-order valence-corrected chi connectivity index (χ0v) is 12.0. The van der Waals surface area contributed by atoms with Gasteiger partial charge in [0.2, 0.25) is 0 Å². The van der Waals surface area contributed by atoms with E-state index in [-0.39, 0.29) is 0 Å². The highest BCUT2D eigenvalue weighted by atomic mass is 79.9. The first kappa shape index (κ1) is 12.1. The average molecular weight is 302 g/mol. The van der Waals surface area contributed by atoms with Gasteiger partial charge in [-0.1, -0.05) is 22.9 Å². The van der Waals surface area contributed by atoms with E-state index in [0.717, 1.165) is 23.7 Å². The van der Waals surface area contributed by atoms with E-state index in [1.165, 1.54) is 6.42 Å². The van der Waals surface area contributed by atoms with Crippen molar-refractivity contribution >= 4 is 32.2 Å². The largest absolute Gasteiger partial charge is 0.300 e. The lowest BCUT2D eigenvalue weighted by molar-refractivity contribution is 0.319. The van der Waals surface area contributed by atoms with Gasteiger partial charge in [-0.05, 0) is 20.0 Å². The maximum absolute atomic E-state index is 4.57. The third-order valence-corrected chi connectivity index (χ3v) is 3.71. The smallest absolute Gasteiger partial charge is 0.193 e. The molecule has 0 spiro atoms. The van der Waals surface area contributed by atoms with Crippen molar-refractivity contribution in [1.82, 2.24) is 14.3 Å². The molecule has 0 aliphatic heterocycles. The van der Waals surface area contributed by atoms with Gasteiger partial charge in [0.25, 0.3) is 0 Å². The van der Waals surface area contributed by atoms with Crippen LogP contribution in [0.15, 0.2) is 17.8 Å². The number of thiazole rings is 1. The van der Waals surface area contributed by atoms with Crippen molar-refractivity contribution in [2.45, 2.75) is 24.7 Å². The molecule has 2 heterocycles. The zero-order chi connectivity index (χ0) is 11.5. The van der Waals surface area contributed by atoms with E-state index in [2.05, 4.69) is 62.0 Å². The molecule has 0 saturated heterocycles. The molecule has 0 radical (unpaired) electrons. The van der Waals surface area contributed by atoms with E-state index in [1.807, 2.05) is 0 Å². The molecule has 0 saturated carbocycles. The van der Waals surface area contributed by atoms with E-state index in [1.54, 1.807) is 11.3 Å². The van der Waals surface area contributed by atoms with Crippen molar-refractivity contribution in [3.63, 3.8) is 0 Å². The van der Waals surface area contributed by atoms with Crippen LogP contribution in [0.2, 0.25) is 0 Å². The number of hydrogen-bond donors (Lipinski definition) is 0. The second-order valence-corrected chi connectivity index (χ2v) is 6.57. The number of fused-ring (bicyclic) bond motifs is 1. The Morgan fingerprint density at radius 1 is 1.62 bits per heavy atom. The Hall–Kier alpha value is -0.390. The molecule has 0 aromatic carbocycles. The summed E-state index contributed by atoms with van der Waals surface area (Å²) < 4.78 is 2.08. The van der Waals surface area contributed by atoms with Gasteiger partial charge in [-0.15, -0.1) is 11.3 Å². The highest BCUT2D eigenvalue weighted by Gasteiger charge is 2.06. The van der Waals surface area contributed by atoms with E-state index < -0.39 is 0 Å². The molecule has 5 heteroatoms. The van der Waals surface area contributed by atoms with Crippen molar-refractivity contribution < 1.29 is 0 Å². The lowest BCUT2D eigenvalue weighted by atomic mass is 10.3. The maximum atomic E-state index is 4.57. The molecule has 1 unspecified atom stereocenters. The van der Waals surface area contributed by atoms with Crippen molar-refractivity contribution in [3.05, 3.63) is 23.5 Å². The zero-order valence-electron chi connectivity index (χ0n) is 9.56. The summed E-state index contributed by atoms with van der Waals surface area (Å²) in [6, 6.07) is 0. The summed E-state index contributed by atoms with van der Waals surface area (Å²) in [5.41, 5.74) is 1.15. The third kappa shape index (κ3) is 3.06. The minimum atomic E-state index is 0.584. The van der Waals surface area contributed by atoms with E-state index in [4.69, 9.17) is 0 Å². The second kappa shape index (κ2) is 5.29. The molecule has 16 heavy (non-hydrogen) atoms. The van der Waals surface area contributed by atoms with Crippen LogP contribution in [0.5, 0.6) is 0 Å². The molecule has 0 bridgehead atoms. The fourth-order valence-corrected chi connectivity index (χ4v) is 2.53. The van der Waals surface area contributed by atoms with Crippen LogP contribution in [0.3, 0.4) is 0 Å². The Bertz CT molecular complexity index is 420. The van der Waals surface area contributed by atoms with E-state index in [0.29, 0.717) is 4.83 Å². The molecule has 88 valence electrons. The molecule has 1 atom stereocenters. The Morgan fingerprint density at radius 2 is 2.44 bits per heavy atom. The summed E-state index contributed by atoms with van der Waals surface area (Å²) in [6.45, 7) is 4.20. The van der Waals surface area contributed by atoms with Crippen LogP contribution in [0.1, 0.15) is 19.0 Å². The maximum Gasteiger partial charge on any atom is 0.193 e. The van der Waals surface area contributed by atoms with Gasteiger partial charge in [-0.2, -0.15) is 0 Å². The molecule has 0 N–H and O–H groups in total. The number of imidazole rings is 1. The fraction of sp³-hybridized carbons (Fsp3) is 0.545. The second-order valence-electron chi connectivity index (χ2n) is 4.13. The van der Waals surface area contributed by atoms with Crippen LogP contribution in [-0.2, 0) is 6.54 Å². The monoisotopic (exact) mass is 301 g/mol. The molecule has 2 aromatic rings. The normalized spacial score (nSPS) is 13.8. The molecule has 0 aliphatic carbocycles. The molecule has 0 amide bonds. The molecule has 3 nitrogen and oxygen atoms in total. The van der Waals surface area contributed by atoms with Crippen LogP contribution in [0, 0.1) is 0 Å². The lowest BCUT2D eigenvalue weighted by Crippen LogP contribution is -2.20. The van der Waals surface area contributed by atoms with Gasteiger partial charge in [-0.3, -0.25) is 4.40 Å². The molecular formula is C11H16BrN3S. The number of aromatic nitrogens is 2. The number of halogens is 1. The highest BCUT2D eigenvalue weighted by Crippen LogP contribution is 2.13. The first-order valence-electron chi connectivity index (χ1n) is 5.39. The first-order valence-corrected chi connectivity index (χ1v) is 7.18. The predicted molar refractivity (Wildman–Crippen MR) is 72.4 cm³/mol. The molecule has 2 rings (SSSR count). The van der Waals surface area contributed by atoms with Crippen LogP contribution in [0.4, 0.5) is 0 Å². The van der Waals surface area contributed by atoms with Gasteiger partial charge in [-0.25, -0.2) is 4.98 Å². The Morgan fingerprint density at radius 3 is 3.12 bits per heavy atom. The van der Waals surface area contributed by atoms with Crippen LogP contribution >= 0.6 is 27.3 Å². The van der Waals surface area contributed by atoms with Crippen LogP contribution in [0.25, 0.3) is 4.96 Å². The minimum absolute atomic E-state index is 0.584. The summed E-state index contributed by atoms with van der Waals surface area (Å²) >= 11 is 5.24. The number of alkyl halides is 1. The topological polar surface area (TPSA) is 20.5 Å².